The van der Waals surface area contributed by atoms with Gasteiger partial charge in [-0.05, 0) is 25.3 Å². The molecular weight excluding hydrogens is 220 g/mol. The van der Waals surface area contributed by atoms with Gasteiger partial charge < -0.3 is 9.63 Å². The number of rotatable bonds is 4. The molecule has 1 saturated heterocycles. The molecule has 0 saturated carbocycles. The summed E-state index contributed by atoms with van der Waals surface area (Å²) < 4.78 is 5.34. The van der Waals surface area contributed by atoms with Gasteiger partial charge >= 0.3 is 5.97 Å². The maximum atomic E-state index is 10.8. The summed E-state index contributed by atoms with van der Waals surface area (Å²) in [5.74, 6) is 0.342. The van der Waals surface area contributed by atoms with E-state index in [-0.39, 0.29) is 12.6 Å². The minimum Gasteiger partial charge on any atom is -0.480 e. The third kappa shape index (κ3) is 2.66. The molecule has 1 aliphatic rings. The Morgan fingerprint density at radius 3 is 3.06 bits per heavy atom. The van der Waals surface area contributed by atoms with Crippen molar-refractivity contribution in [3.05, 3.63) is 17.5 Å². The highest BCUT2D eigenvalue weighted by molar-refractivity contribution is 5.69. The molecule has 0 aromatic carbocycles. The van der Waals surface area contributed by atoms with Crippen LogP contribution in [0.1, 0.15) is 50.1 Å². The van der Waals surface area contributed by atoms with Crippen LogP contribution >= 0.6 is 0 Å². The van der Waals surface area contributed by atoms with Gasteiger partial charge in [0.25, 0.3) is 0 Å². The van der Waals surface area contributed by atoms with Crippen molar-refractivity contribution < 1.29 is 14.4 Å². The van der Waals surface area contributed by atoms with Gasteiger partial charge in [0, 0.05) is 6.07 Å². The van der Waals surface area contributed by atoms with E-state index in [1.807, 2.05) is 11.0 Å². The zero-order valence-electron chi connectivity index (χ0n) is 10.2. The summed E-state index contributed by atoms with van der Waals surface area (Å²) in [5, 5.41) is 12.9. The number of nitrogens with zero attached hydrogens (tertiary/aromatic N) is 2. The Kier molecular flexibility index (Phi) is 3.47. The summed E-state index contributed by atoms with van der Waals surface area (Å²) in [6, 6.07) is 2.03. The summed E-state index contributed by atoms with van der Waals surface area (Å²) >= 11 is 0. The minimum absolute atomic E-state index is 0.0718. The van der Waals surface area contributed by atoms with Gasteiger partial charge in [-0.15, -0.1) is 0 Å². The normalized spacial score (nSPS) is 21.2. The lowest BCUT2D eigenvalue weighted by atomic mass is 10.1. The van der Waals surface area contributed by atoms with Crippen molar-refractivity contribution in [3.63, 3.8) is 0 Å². The number of hydrogen-bond donors (Lipinski definition) is 1. The van der Waals surface area contributed by atoms with Crippen molar-refractivity contribution in [1.82, 2.24) is 10.1 Å². The smallest absolute Gasteiger partial charge is 0.317 e. The lowest BCUT2D eigenvalue weighted by Crippen LogP contribution is -2.29. The molecule has 0 amide bonds. The highest BCUT2D eigenvalue weighted by atomic mass is 16.5. The van der Waals surface area contributed by atoms with Gasteiger partial charge in [0.05, 0.1) is 18.3 Å². The van der Waals surface area contributed by atoms with Gasteiger partial charge in [0.2, 0.25) is 0 Å². The fraction of sp³-hybridized carbons (Fsp3) is 0.667. The predicted octanol–water partition coefficient (Wildman–Crippen LogP) is 2.02. The fourth-order valence-electron chi connectivity index (χ4n) is 2.24. The molecule has 5 heteroatoms. The number of carboxylic acid groups (broad SMARTS) is 1. The Balaban J connectivity index is 2.11. The first kappa shape index (κ1) is 12.1. The third-order valence-electron chi connectivity index (χ3n) is 3.17. The molecule has 0 radical (unpaired) electrons. The van der Waals surface area contributed by atoms with E-state index < -0.39 is 5.97 Å². The lowest BCUT2D eigenvalue weighted by Gasteiger charge is -2.19. The van der Waals surface area contributed by atoms with Crippen LogP contribution in [0.3, 0.4) is 0 Å². The lowest BCUT2D eigenvalue weighted by molar-refractivity contribution is -0.138. The molecule has 94 valence electrons. The van der Waals surface area contributed by atoms with Crippen LogP contribution in [-0.4, -0.2) is 34.2 Å². The fourth-order valence-corrected chi connectivity index (χ4v) is 2.24. The van der Waals surface area contributed by atoms with E-state index in [1.165, 1.54) is 0 Å². The second-order valence-electron chi connectivity index (χ2n) is 4.83. The Labute approximate surface area is 100 Å². The van der Waals surface area contributed by atoms with Crippen molar-refractivity contribution in [2.24, 2.45) is 0 Å². The number of aromatic nitrogens is 1. The highest BCUT2D eigenvalue weighted by Crippen LogP contribution is 2.32. The average Bonchev–Trinajstić information content (AvgIpc) is 2.83. The van der Waals surface area contributed by atoms with E-state index in [0.29, 0.717) is 5.92 Å². The molecule has 2 heterocycles. The Morgan fingerprint density at radius 2 is 2.47 bits per heavy atom. The second-order valence-corrected chi connectivity index (χ2v) is 4.83. The number of carbonyl (C=O) groups is 1. The number of aliphatic carboxylic acids is 1. The van der Waals surface area contributed by atoms with Crippen molar-refractivity contribution in [1.29, 1.82) is 0 Å². The second kappa shape index (κ2) is 4.87. The summed E-state index contributed by atoms with van der Waals surface area (Å²) in [7, 11) is 0. The molecule has 1 unspecified atom stereocenters. The first-order valence-electron chi connectivity index (χ1n) is 6.00. The van der Waals surface area contributed by atoms with Crippen LogP contribution in [0.5, 0.6) is 0 Å². The molecule has 5 nitrogen and oxygen atoms in total. The third-order valence-corrected chi connectivity index (χ3v) is 3.17. The van der Waals surface area contributed by atoms with Crippen molar-refractivity contribution in [3.8, 4) is 0 Å². The van der Waals surface area contributed by atoms with Crippen molar-refractivity contribution in [2.75, 3.05) is 13.1 Å². The van der Waals surface area contributed by atoms with E-state index in [2.05, 4.69) is 19.0 Å². The summed E-state index contributed by atoms with van der Waals surface area (Å²) in [5.41, 5.74) is 0.933. The summed E-state index contributed by atoms with van der Waals surface area (Å²) in [6.07, 6.45) is 1.95. The zero-order valence-corrected chi connectivity index (χ0v) is 10.2. The van der Waals surface area contributed by atoms with Gasteiger partial charge in [-0.1, -0.05) is 19.0 Å². The largest absolute Gasteiger partial charge is 0.480 e. The Hall–Kier alpha value is -1.36. The standard InChI is InChI=1S/C12H18N2O3/c1-8(2)9-6-11(17-13-9)10-4-3-5-14(10)7-12(15)16/h6,8,10H,3-5,7H2,1-2H3,(H,15,16). The molecule has 2 rings (SSSR count). The molecule has 1 aromatic heterocycles. The average molecular weight is 238 g/mol. The SMILES string of the molecule is CC(C)c1cc(C2CCCN2CC(=O)O)on1. The van der Waals surface area contributed by atoms with Gasteiger partial charge in [0.1, 0.15) is 0 Å². The molecule has 0 bridgehead atoms. The maximum absolute atomic E-state index is 10.8. The van der Waals surface area contributed by atoms with Gasteiger partial charge in [-0.2, -0.15) is 0 Å². The number of carboxylic acids is 1. The Bertz CT molecular complexity index is 400. The van der Waals surface area contributed by atoms with E-state index in [1.54, 1.807) is 0 Å². The maximum Gasteiger partial charge on any atom is 0.317 e. The van der Waals surface area contributed by atoms with E-state index >= 15 is 0 Å². The van der Waals surface area contributed by atoms with Gasteiger partial charge in [-0.3, -0.25) is 9.69 Å². The molecule has 1 aliphatic heterocycles. The van der Waals surface area contributed by atoms with Crippen LogP contribution in [0.4, 0.5) is 0 Å². The van der Waals surface area contributed by atoms with Crippen LogP contribution in [0.25, 0.3) is 0 Å². The molecule has 0 aliphatic carbocycles. The van der Waals surface area contributed by atoms with Crippen LogP contribution in [-0.2, 0) is 4.79 Å². The number of likely N-dealkylation sites (tertiary alicyclic amines) is 1. The van der Waals surface area contributed by atoms with Crippen molar-refractivity contribution in [2.45, 2.75) is 38.6 Å². The van der Waals surface area contributed by atoms with E-state index in [9.17, 15) is 4.79 Å². The van der Waals surface area contributed by atoms with Crippen LogP contribution in [0.15, 0.2) is 10.6 Å². The first-order valence-corrected chi connectivity index (χ1v) is 6.00. The van der Waals surface area contributed by atoms with Gasteiger partial charge in [0.15, 0.2) is 5.76 Å². The molecule has 1 N–H and O–H groups in total. The highest BCUT2D eigenvalue weighted by Gasteiger charge is 2.30. The number of hydrogen-bond acceptors (Lipinski definition) is 4. The minimum atomic E-state index is -0.791. The van der Waals surface area contributed by atoms with Crippen LogP contribution in [0, 0.1) is 0 Å². The summed E-state index contributed by atoms with van der Waals surface area (Å²) in [4.78, 5) is 12.7. The molecule has 0 spiro atoms. The van der Waals surface area contributed by atoms with Crippen LogP contribution in [0.2, 0.25) is 0 Å². The van der Waals surface area contributed by atoms with Crippen LogP contribution < -0.4 is 0 Å². The van der Waals surface area contributed by atoms with E-state index in [4.69, 9.17) is 9.63 Å². The monoisotopic (exact) mass is 238 g/mol. The van der Waals surface area contributed by atoms with Gasteiger partial charge in [-0.25, -0.2) is 0 Å². The molecule has 1 fully saturated rings. The summed E-state index contributed by atoms with van der Waals surface area (Å²) in [6.45, 7) is 5.01. The topological polar surface area (TPSA) is 66.6 Å². The zero-order chi connectivity index (χ0) is 12.4. The predicted molar refractivity (Wildman–Crippen MR) is 61.8 cm³/mol. The molecule has 17 heavy (non-hydrogen) atoms. The van der Waals surface area contributed by atoms with E-state index in [0.717, 1.165) is 30.8 Å². The molecular formula is C12H18N2O3. The first-order chi connectivity index (χ1) is 8.08. The molecule has 1 atom stereocenters. The Morgan fingerprint density at radius 1 is 1.71 bits per heavy atom. The van der Waals surface area contributed by atoms with Crippen molar-refractivity contribution >= 4 is 5.97 Å². The quantitative estimate of drug-likeness (QED) is 0.869. The molecule has 1 aromatic rings.